The molecule has 0 N–H and O–H groups in total. The van der Waals surface area contributed by atoms with E-state index < -0.39 is 0 Å². The van der Waals surface area contributed by atoms with Crippen LogP contribution in [-0.2, 0) is 11.2 Å². The third-order valence-electron chi connectivity index (χ3n) is 3.32. The van der Waals surface area contributed by atoms with Crippen LogP contribution in [-0.4, -0.2) is 34.1 Å². The summed E-state index contributed by atoms with van der Waals surface area (Å²) in [5.41, 5.74) is 2.02. The summed E-state index contributed by atoms with van der Waals surface area (Å²) in [6.07, 6.45) is 4.35. The number of pyridine rings is 1. The number of alkyl halides is 1. The Labute approximate surface area is 118 Å². The molecule has 0 fully saturated rings. The standard InChI is InChI=1S/C14H20ClN3O/c1-10(2)13(9-19-3)18-12-5-7-16-8-11(12)17-14(18)4-6-15/h5,7-8,10,13H,4,6,9H2,1-3H3. The monoisotopic (exact) mass is 281 g/mol. The molecule has 2 rings (SSSR count). The number of aryl methyl sites for hydroxylation is 1. The number of rotatable bonds is 6. The van der Waals surface area contributed by atoms with Gasteiger partial charge in [-0.2, -0.15) is 0 Å². The van der Waals surface area contributed by atoms with Crippen LogP contribution in [0.5, 0.6) is 0 Å². The van der Waals surface area contributed by atoms with Crippen LogP contribution in [0.3, 0.4) is 0 Å². The molecule has 0 aromatic carbocycles. The molecule has 0 aliphatic carbocycles. The van der Waals surface area contributed by atoms with Crippen molar-refractivity contribution in [2.45, 2.75) is 26.3 Å². The summed E-state index contributed by atoms with van der Waals surface area (Å²) in [4.78, 5) is 8.79. The molecule has 0 radical (unpaired) electrons. The summed E-state index contributed by atoms with van der Waals surface area (Å²) in [6.45, 7) is 5.06. The summed E-state index contributed by atoms with van der Waals surface area (Å²) in [7, 11) is 1.73. The van der Waals surface area contributed by atoms with Crippen molar-refractivity contribution in [2.24, 2.45) is 5.92 Å². The molecule has 2 heterocycles. The average molecular weight is 282 g/mol. The highest BCUT2D eigenvalue weighted by Gasteiger charge is 2.21. The Balaban J connectivity index is 2.56. The average Bonchev–Trinajstić information content (AvgIpc) is 2.74. The van der Waals surface area contributed by atoms with Gasteiger partial charge in [0, 0.05) is 25.6 Å². The maximum absolute atomic E-state index is 5.90. The van der Waals surface area contributed by atoms with Crippen LogP contribution in [0.25, 0.3) is 11.0 Å². The van der Waals surface area contributed by atoms with Crippen molar-refractivity contribution < 1.29 is 4.74 Å². The molecule has 2 aromatic rings. The molecular formula is C14H20ClN3O. The number of hydrogen-bond donors (Lipinski definition) is 0. The van der Waals surface area contributed by atoms with Crippen molar-refractivity contribution in [3.8, 4) is 0 Å². The molecule has 19 heavy (non-hydrogen) atoms. The second kappa shape index (κ2) is 6.35. The molecule has 0 amide bonds. The number of methoxy groups -OCH3 is 1. The van der Waals surface area contributed by atoms with Gasteiger partial charge >= 0.3 is 0 Å². The van der Waals surface area contributed by atoms with Gasteiger partial charge in [-0.25, -0.2) is 4.98 Å². The van der Waals surface area contributed by atoms with Gasteiger partial charge in [0.05, 0.1) is 24.4 Å². The number of halogens is 1. The minimum atomic E-state index is 0.260. The SMILES string of the molecule is COCC(C(C)C)n1c(CCCl)nc2cnccc21. The fourth-order valence-electron chi connectivity index (χ4n) is 2.37. The van der Waals surface area contributed by atoms with E-state index >= 15 is 0 Å². The van der Waals surface area contributed by atoms with Crippen molar-refractivity contribution in [3.63, 3.8) is 0 Å². The van der Waals surface area contributed by atoms with Crippen LogP contribution in [0, 0.1) is 5.92 Å². The summed E-state index contributed by atoms with van der Waals surface area (Å²) in [5.74, 6) is 2.03. The molecule has 1 atom stereocenters. The number of fused-ring (bicyclic) bond motifs is 1. The number of hydrogen-bond acceptors (Lipinski definition) is 3. The Morgan fingerprint density at radius 2 is 2.21 bits per heavy atom. The summed E-state index contributed by atoms with van der Waals surface area (Å²) >= 11 is 5.90. The van der Waals surface area contributed by atoms with Crippen molar-refractivity contribution in [3.05, 3.63) is 24.3 Å². The van der Waals surface area contributed by atoms with Gasteiger partial charge in [0.2, 0.25) is 0 Å². The van der Waals surface area contributed by atoms with Gasteiger partial charge in [-0.3, -0.25) is 4.98 Å². The minimum Gasteiger partial charge on any atom is -0.383 e. The second-order valence-corrected chi connectivity index (χ2v) is 5.35. The second-order valence-electron chi connectivity index (χ2n) is 4.97. The fraction of sp³-hybridized carbons (Fsp3) is 0.571. The molecule has 0 saturated heterocycles. The van der Waals surface area contributed by atoms with E-state index in [1.54, 1.807) is 19.5 Å². The lowest BCUT2D eigenvalue weighted by molar-refractivity contribution is 0.133. The third kappa shape index (κ3) is 2.90. The van der Waals surface area contributed by atoms with E-state index in [2.05, 4.69) is 28.4 Å². The molecule has 0 aliphatic heterocycles. The van der Waals surface area contributed by atoms with Gasteiger partial charge in [-0.15, -0.1) is 11.6 Å². The van der Waals surface area contributed by atoms with Crippen molar-refractivity contribution in [1.29, 1.82) is 0 Å². The first-order chi connectivity index (χ1) is 9.19. The lowest BCUT2D eigenvalue weighted by Crippen LogP contribution is -2.22. The number of ether oxygens (including phenoxy) is 1. The van der Waals surface area contributed by atoms with Crippen LogP contribution in [0.15, 0.2) is 18.5 Å². The van der Waals surface area contributed by atoms with E-state index in [9.17, 15) is 0 Å². The molecule has 0 aliphatic rings. The summed E-state index contributed by atoms with van der Waals surface area (Å²) < 4.78 is 7.63. The fourth-order valence-corrected chi connectivity index (χ4v) is 2.54. The minimum absolute atomic E-state index is 0.260. The van der Waals surface area contributed by atoms with E-state index in [-0.39, 0.29) is 6.04 Å². The predicted molar refractivity (Wildman–Crippen MR) is 77.7 cm³/mol. The Bertz CT molecular complexity index is 538. The van der Waals surface area contributed by atoms with Gasteiger partial charge in [-0.05, 0) is 12.0 Å². The largest absolute Gasteiger partial charge is 0.383 e. The van der Waals surface area contributed by atoms with Crippen molar-refractivity contribution >= 4 is 22.6 Å². The molecule has 0 spiro atoms. The molecule has 4 nitrogen and oxygen atoms in total. The van der Waals surface area contributed by atoms with Crippen LogP contribution in [0.4, 0.5) is 0 Å². The molecule has 5 heteroatoms. The number of imidazole rings is 1. The van der Waals surface area contributed by atoms with E-state index in [0.717, 1.165) is 23.3 Å². The maximum atomic E-state index is 5.90. The lowest BCUT2D eigenvalue weighted by Gasteiger charge is -2.24. The molecule has 0 saturated carbocycles. The van der Waals surface area contributed by atoms with Crippen LogP contribution < -0.4 is 0 Å². The lowest BCUT2D eigenvalue weighted by atomic mass is 10.0. The van der Waals surface area contributed by atoms with E-state index in [1.165, 1.54) is 0 Å². The van der Waals surface area contributed by atoms with Gasteiger partial charge in [0.1, 0.15) is 11.3 Å². The zero-order valence-corrected chi connectivity index (χ0v) is 12.4. The third-order valence-corrected chi connectivity index (χ3v) is 3.51. The predicted octanol–water partition coefficient (Wildman–Crippen LogP) is 3.06. The summed E-state index contributed by atoms with van der Waals surface area (Å²) in [6, 6.07) is 2.26. The zero-order chi connectivity index (χ0) is 13.8. The van der Waals surface area contributed by atoms with Gasteiger partial charge in [-0.1, -0.05) is 13.8 Å². The Morgan fingerprint density at radius 1 is 1.42 bits per heavy atom. The van der Waals surface area contributed by atoms with Gasteiger partial charge < -0.3 is 9.30 Å². The van der Waals surface area contributed by atoms with E-state index in [0.29, 0.717) is 18.4 Å². The first kappa shape index (κ1) is 14.3. The molecule has 104 valence electrons. The topological polar surface area (TPSA) is 39.9 Å². The number of aromatic nitrogens is 3. The van der Waals surface area contributed by atoms with Crippen molar-refractivity contribution in [2.75, 3.05) is 19.6 Å². The van der Waals surface area contributed by atoms with E-state index in [4.69, 9.17) is 16.3 Å². The van der Waals surface area contributed by atoms with Crippen LogP contribution in [0.1, 0.15) is 25.7 Å². The zero-order valence-electron chi connectivity index (χ0n) is 11.6. The highest BCUT2D eigenvalue weighted by Crippen LogP contribution is 2.26. The normalized spacial score (nSPS) is 13.3. The van der Waals surface area contributed by atoms with Gasteiger partial charge in [0.15, 0.2) is 0 Å². The van der Waals surface area contributed by atoms with Crippen molar-refractivity contribution in [1.82, 2.24) is 14.5 Å². The highest BCUT2D eigenvalue weighted by atomic mass is 35.5. The highest BCUT2D eigenvalue weighted by molar-refractivity contribution is 6.17. The quantitative estimate of drug-likeness (QED) is 0.764. The first-order valence-electron chi connectivity index (χ1n) is 6.54. The Hall–Kier alpha value is -1.13. The Kier molecular flexibility index (Phi) is 4.77. The van der Waals surface area contributed by atoms with Gasteiger partial charge in [0.25, 0.3) is 0 Å². The first-order valence-corrected chi connectivity index (χ1v) is 7.08. The molecule has 2 aromatic heterocycles. The maximum Gasteiger partial charge on any atom is 0.111 e. The smallest absolute Gasteiger partial charge is 0.111 e. The Morgan fingerprint density at radius 3 is 2.84 bits per heavy atom. The van der Waals surface area contributed by atoms with Crippen LogP contribution in [0.2, 0.25) is 0 Å². The molecule has 1 unspecified atom stereocenters. The molecular weight excluding hydrogens is 262 g/mol. The molecule has 0 bridgehead atoms. The number of nitrogens with zero attached hydrogens (tertiary/aromatic N) is 3. The van der Waals surface area contributed by atoms with E-state index in [1.807, 2.05) is 6.07 Å². The van der Waals surface area contributed by atoms with Crippen LogP contribution >= 0.6 is 11.6 Å². The summed E-state index contributed by atoms with van der Waals surface area (Å²) in [5, 5.41) is 0.